The Morgan fingerprint density at radius 3 is 2.23 bits per heavy atom. The van der Waals surface area contributed by atoms with Crippen molar-refractivity contribution in [1.82, 2.24) is 0 Å². The summed E-state index contributed by atoms with van der Waals surface area (Å²) in [7, 11) is 0. The highest BCUT2D eigenvalue weighted by molar-refractivity contribution is 5.91. The lowest BCUT2D eigenvalue weighted by Crippen LogP contribution is -2.08. The Morgan fingerprint density at radius 1 is 0.897 bits per heavy atom. The third-order valence-electron chi connectivity index (χ3n) is 5.17. The highest BCUT2D eigenvalue weighted by atomic mass is 16.6. The van der Waals surface area contributed by atoms with Gasteiger partial charge in [-0.25, -0.2) is 9.59 Å². The molecule has 0 unspecified atom stereocenters. The first-order valence-corrected chi connectivity index (χ1v) is 11.5. The van der Waals surface area contributed by atoms with Gasteiger partial charge < -0.3 is 14.2 Å². The van der Waals surface area contributed by atoms with Gasteiger partial charge in [0.1, 0.15) is 18.1 Å². The predicted octanol–water partition coefficient (Wildman–Crippen LogP) is 4.81. The Bertz CT molecular complexity index is 1430. The molecule has 0 aliphatic rings. The molecule has 0 atom stereocenters. The van der Waals surface area contributed by atoms with Crippen molar-refractivity contribution < 1.29 is 33.6 Å². The zero-order valence-electron chi connectivity index (χ0n) is 20.3. The standard InChI is InChI=1S/C27H21N3O9/c28-15-1-16-37-23-11-6-21(7-12-23)27(32)39-24-9-2-19(3-10-24)4-13-26(31)38-17-14-20-5-8-22(29(33)34)18-25(20)30(35)36/h2-13,18H,1,14,16-17H2/b13-4+. The molecule has 0 aliphatic carbocycles. The molecule has 0 fully saturated rings. The molecule has 3 aromatic rings. The van der Waals surface area contributed by atoms with E-state index in [2.05, 4.69) is 0 Å². The van der Waals surface area contributed by atoms with Gasteiger partial charge in [0, 0.05) is 24.1 Å². The third-order valence-corrected chi connectivity index (χ3v) is 5.17. The minimum Gasteiger partial charge on any atom is -0.493 e. The van der Waals surface area contributed by atoms with Gasteiger partial charge in [0.25, 0.3) is 11.4 Å². The quantitative estimate of drug-likeness (QED) is 0.0788. The molecule has 0 aromatic heterocycles. The molecular formula is C27H21N3O9. The average molecular weight is 531 g/mol. The van der Waals surface area contributed by atoms with Crippen molar-refractivity contribution in [2.24, 2.45) is 0 Å². The zero-order chi connectivity index (χ0) is 28.2. The summed E-state index contributed by atoms with van der Waals surface area (Å²) < 4.78 is 15.8. The van der Waals surface area contributed by atoms with Gasteiger partial charge in [0.05, 0.1) is 40.6 Å². The van der Waals surface area contributed by atoms with Gasteiger partial charge in [-0.3, -0.25) is 20.2 Å². The van der Waals surface area contributed by atoms with E-state index in [4.69, 9.17) is 19.5 Å². The van der Waals surface area contributed by atoms with Crippen LogP contribution >= 0.6 is 0 Å². The Balaban J connectivity index is 1.48. The number of carbonyl (C=O) groups is 2. The Kier molecular flexibility index (Phi) is 9.81. The number of rotatable bonds is 12. The molecule has 3 rings (SSSR count). The van der Waals surface area contributed by atoms with E-state index in [0.717, 1.165) is 12.1 Å². The van der Waals surface area contributed by atoms with Crippen molar-refractivity contribution in [3.63, 3.8) is 0 Å². The summed E-state index contributed by atoms with van der Waals surface area (Å²) in [4.78, 5) is 44.9. The molecule has 12 nitrogen and oxygen atoms in total. The number of carbonyl (C=O) groups excluding carboxylic acids is 2. The molecule has 0 spiro atoms. The molecule has 0 heterocycles. The van der Waals surface area contributed by atoms with Crippen LogP contribution in [0.4, 0.5) is 11.4 Å². The van der Waals surface area contributed by atoms with E-state index in [1.807, 2.05) is 6.07 Å². The van der Waals surface area contributed by atoms with Crippen molar-refractivity contribution in [2.45, 2.75) is 12.8 Å². The van der Waals surface area contributed by atoms with E-state index in [-0.39, 0.29) is 31.6 Å². The van der Waals surface area contributed by atoms with Gasteiger partial charge >= 0.3 is 11.9 Å². The lowest BCUT2D eigenvalue weighted by Gasteiger charge is -2.07. The number of hydrogen-bond acceptors (Lipinski definition) is 10. The summed E-state index contributed by atoms with van der Waals surface area (Å²) >= 11 is 0. The molecule has 0 aliphatic heterocycles. The van der Waals surface area contributed by atoms with Crippen LogP contribution in [0.25, 0.3) is 6.08 Å². The normalized spacial score (nSPS) is 10.4. The van der Waals surface area contributed by atoms with E-state index in [1.54, 1.807) is 48.5 Å². The van der Waals surface area contributed by atoms with E-state index in [9.17, 15) is 29.8 Å². The number of nitro benzene ring substituents is 2. The smallest absolute Gasteiger partial charge is 0.343 e. The van der Waals surface area contributed by atoms with Gasteiger partial charge in [-0.1, -0.05) is 12.1 Å². The van der Waals surface area contributed by atoms with Gasteiger partial charge in [-0.2, -0.15) is 5.26 Å². The summed E-state index contributed by atoms with van der Waals surface area (Å²) in [5.41, 5.74) is 0.311. The maximum absolute atomic E-state index is 12.3. The van der Waals surface area contributed by atoms with Gasteiger partial charge in [-0.05, 0) is 54.1 Å². The summed E-state index contributed by atoms with van der Waals surface area (Å²) in [5, 5.41) is 30.5. The summed E-state index contributed by atoms with van der Waals surface area (Å²) in [6.45, 7) is 0.0927. The molecule has 12 heteroatoms. The van der Waals surface area contributed by atoms with Crippen LogP contribution in [0.2, 0.25) is 0 Å². The molecule has 0 saturated carbocycles. The maximum Gasteiger partial charge on any atom is 0.343 e. The number of benzene rings is 3. The van der Waals surface area contributed by atoms with Crippen molar-refractivity contribution in [2.75, 3.05) is 13.2 Å². The first-order chi connectivity index (χ1) is 18.8. The second-order valence-electron chi connectivity index (χ2n) is 7.82. The minimum atomic E-state index is -0.728. The lowest BCUT2D eigenvalue weighted by molar-refractivity contribution is -0.394. The maximum atomic E-state index is 12.3. The van der Waals surface area contributed by atoms with E-state index >= 15 is 0 Å². The van der Waals surface area contributed by atoms with Crippen molar-refractivity contribution in [1.29, 1.82) is 5.26 Å². The fraction of sp³-hybridized carbons (Fsp3) is 0.148. The SMILES string of the molecule is N#CCCOc1ccc(C(=O)Oc2ccc(/C=C/C(=O)OCCc3ccc([N+](=O)[O-])cc3[N+](=O)[O-])cc2)cc1. The van der Waals surface area contributed by atoms with Crippen LogP contribution in [0.3, 0.4) is 0 Å². The second-order valence-corrected chi connectivity index (χ2v) is 7.82. The molecule has 0 bridgehead atoms. The molecule has 198 valence electrons. The molecular weight excluding hydrogens is 510 g/mol. The predicted molar refractivity (Wildman–Crippen MR) is 137 cm³/mol. The first kappa shape index (κ1) is 28.0. The summed E-state index contributed by atoms with van der Waals surface area (Å²) in [6, 6.07) is 17.9. The number of non-ortho nitro benzene ring substituents is 1. The molecule has 0 saturated heterocycles. The zero-order valence-corrected chi connectivity index (χ0v) is 20.3. The van der Waals surface area contributed by atoms with E-state index < -0.39 is 33.2 Å². The molecule has 0 amide bonds. The fourth-order valence-electron chi connectivity index (χ4n) is 3.24. The van der Waals surface area contributed by atoms with Crippen LogP contribution in [0, 0.1) is 31.6 Å². The number of nitriles is 1. The molecule has 0 radical (unpaired) electrons. The number of ether oxygens (including phenoxy) is 3. The van der Waals surface area contributed by atoms with E-state index in [0.29, 0.717) is 22.6 Å². The summed E-state index contributed by atoms with van der Waals surface area (Å²) in [6.07, 6.45) is 2.91. The number of hydrogen-bond donors (Lipinski definition) is 0. The van der Waals surface area contributed by atoms with Gasteiger partial charge in [-0.15, -0.1) is 0 Å². The largest absolute Gasteiger partial charge is 0.493 e. The van der Waals surface area contributed by atoms with Crippen LogP contribution < -0.4 is 9.47 Å². The van der Waals surface area contributed by atoms with Crippen LogP contribution in [-0.2, 0) is 16.0 Å². The molecule has 0 N–H and O–H groups in total. The Morgan fingerprint density at radius 2 is 1.59 bits per heavy atom. The highest BCUT2D eigenvalue weighted by Crippen LogP contribution is 2.25. The number of nitrogens with zero attached hydrogens (tertiary/aromatic N) is 3. The van der Waals surface area contributed by atoms with Crippen molar-refractivity contribution in [3.05, 3.63) is 110 Å². The van der Waals surface area contributed by atoms with Crippen molar-refractivity contribution >= 4 is 29.4 Å². The Hall–Kier alpha value is -5.57. The van der Waals surface area contributed by atoms with Crippen LogP contribution in [0.1, 0.15) is 27.9 Å². The number of esters is 2. The Labute approximate surface area is 222 Å². The fourth-order valence-corrected chi connectivity index (χ4v) is 3.24. The lowest BCUT2D eigenvalue weighted by atomic mass is 10.1. The topological polar surface area (TPSA) is 172 Å². The van der Waals surface area contributed by atoms with Crippen LogP contribution in [0.5, 0.6) is 11.5 Å². The van der Waals surface area contributed by atoms with Crippen molar-refractivity contribution in [3.8, 4) is 17.6 Å². The van der Waals surface area contributed by atoms with Crippen LogP contribution in [0.15, 0.2) is 72.8 Å². The third kappa shape index (κ3) is 8.50. The molecule has 3 aromatic carbocycles. The first-order valence-electron chi connectivity index (χ1n) is 11.5. The highest BCUT2D eigenvalue weighted by Gasteiger charge is 2.19. The average Bonchev–Trinajstić information content (AvgIpc) is 2.93. The minimum absolute atomic E-state index is 0.00486. The van der Waals surface area contributed by atoms with E-state index in [1.165, 1.54) is 18.2 Å². The van der Waals surface area contributed by atoms with Crippen LogP contribution in [-0.4, -0.2) is 35.0 Å². The molecule has 39 heavy (non-hydrogen) atoms. The number of nitro groups is 2. The second kappa shape index (κ2) is 13.7. The van der Waals surface area contributed by atoms with Gasteiger partial charge in [0.2, 0.25) is 0 Å². The van der Waals surface area contributed by atoms with Gasteiger partial charge in [0.15, 0.2) is 0 Å². The monoisotopic (exact) mass is 531 g/mol. The summed E-state index contributed by atoms with van der Waals surface area (Å²) in [5.74, 6) is -0.434.